The lowest BCUT2D eigenvalue weighted by Gasteiger charge is -2.00. The molecule has 0 aromatic heterocycles. The second-order valence-corrected chi connectivity index (χ2v) is 1.44. The average Bonchev–Trinajstić information content (AvgIpc) is 1.90. The van der Waals surface area contributed by atoms with Gasteiger partial charge in [0.15, 0.2) is 5.92 Å². The Labute approximate surface area is 53.2 Å². The Hall–Kier alpha value is -1.08. The molecule has 0 saturated heterocycles. The van der Waals surface area contributed by atoms with Crippen molar-refractivity contribution in [3.8, 4) is 6.07 Å². The van der Waals surface area contributed by atoms with Crippen molar-refractivity contribution in [2.75, 3.05) is 13.7 Å². The maximum Gasteiger partial charge on any atom is 0.324 e. The minimum atomic E-state index is -0.810. The van der Waals surface area contributed by atoms with Crippen molar-refractivity contribution in [1.82, 2.24) is 0 Å². The third-order valence-electron chi connectivity index (χ3n) is 0.877. The Balaban J connectivity index is 3.84. The van der Waals surface area contributed by atoms with Crippen LogP contribution in [0.4, 0.5) is 0 Å². The predicted octanol–water partition coefficient (Wildman–Crippen LogP) is -0.742. The highest BCUT2D eigenvalue weighted by Gasteiger charge is 2.14. The van der Waals surface area contributed by atoms with Gasteiger partial charge >= 0.3 is 5.97 Å². The molecule has 1 unspecified atom stereocenters. The summed E-state index contributed by atoms with van der Waals surface area (Å²) >= 11 is 0. The van der Waals surface area contributed by atoms with E-state index in [1.165, 1.54) is 7.11 Å². The number of hydrogen-bond acceptors (Lipinski definition) is 4. The SMILES string of the molecule is COC(=O)C(C#N)CN. The van der Waals surface area contributed by atoms with E-state index < -0.39 is 11.9 Å². The highest BCUT2D eigenvalue weighted by atomic mass is 16.5. The second kappa shape index (κ2) is 3.87. The largest absolute Gasteiger partial charge is 0.468 e. The number of nitrogens with two attached hydrogens (primary N) is 1. The zero-order valence-corrected chi connectivity index (χ0v) is 5.13. The highest BCUT2D eigenvalue weighted by Crippen LogP contribution is 1.92. The summed E-state index contributed by atoms with van der Waals surface area (Å²) in [6, 6.07) is 1.70. The molecule has 0 aliphatic rings. The Morgan fingerprint density at radius 2 is 2.56 bits per heavy atom. The molecule has 0 saturated carbocycles. The van der Waals surface area contributed by atoms with Crippen molar-refractivity contribution in [1.29, 1.82) is 5.26 Å². The fourth-order valence-corrected chi connectivity index (χ4v) is 0.344. The summed E-state index contributed by atoms with van der Waals surface area (Å²) in [5.74, 6) is -1.38. The maximum absolute atomic E-state index is 10.4. The van der Waals surface area contributed by atoms with E-state index in [1.54, 1.807) is 6.07 Å². The number of carbonyl (C=O) groups excluding carboxylic acids is 1. The molecular formula is C5H8N2O2. The number of ether oxygens (including phenoxy) is 1. The molecule has 0 spiro atoms. The van der Waals surface area contributed by atoms with Crippen molar-refractivity contribution < 1.29 is 9.53 Å². The Morgan fingerprint density at radius 3 is 2.67 bits per heavy atom. The van der Waals surface area contributed by atoms with E-state index in [0.717, 1.165) is 0 Å². The normalized spacial score (nSPS) is 11.7. The van der Waals surface area contributed by atoms with Gasteiger partial charge in [0, 0.05) is 6.54 Å². The topological polar surface area (TPSA) is 76.1 Å². The van der Waals surface area contributed by atoms with E-state index in [2.05, 4.69) is 4.74 Å². The van der Waals surface area contributed by atoms with Crippen LogP contribution >= 0.6 is 0 Å². The minimum absolute atomic E-state index is 0.0170. The number of nitrogens with zero attached hydrogens (tertiary/aromatic N) is 1. The zero-order chi connectivity index (χ0) is 7.28. The van der Waals surface area contributed by atoms with Gasteiger partial charge in [0.05, 0.1) is 13.2 Å². The summed E-state index contributed by atoms with van der Waals surface area (Å²) in [7, 11) is 1.22. The molecule has 4 heteroatoms. The van der Waals surface area contributed by atoms with Crippen LogP contribution in [0.2, 0.25) is 0 Å². The highest BCUT2D eigenvalue weighted by molar-refractivity contribution is 5.75. The molecular weight excluding hydrogens is 120 g/mol. The van der Waals surface area contributed by atoms with Crippen LogP contribution in [0, 0.1) is 17.2 Å². The summed E-state index contributed by atoms with van der Waals surface area (Å²) in [5, 5.41) is 8.20. The monoisotopic (exact) mass is 128 g/mol. The first-order valence-corrected chi connectivity index (χ1v) is 2.43. The molecule has 0 bridgehead atoms. The smallest absolute Gasteiger partial charge is 0.324 e. The van der Waals surface area contributed by atoms with Crippen LogP contribution in [0.1, 0.15) is 0 Å². The van der Waals surface area contributed by atoms with Gasteiger partial charge < -0.3 is 10.5 Å². The molecule has 0 rings (SSSR count). The Bertz CT molecular complexity index is 138. The fourth-order valence-electron chi connectivity index (χ4n) is 0.344. The van der Waals surface area contributed by atoms with Gasteiger partial charge in [0.25, 0.3) is 0 Å². The van der Waals surface area contributed by atoms with Gasteiger partial charge in [0.2, 0.25) is 0 Å². The predicted molar refractivity (Wildman–Crippen MR) is 30.2 cm³/mol. The van der Waals surface area contributed by atoms with Crippen molar-refractivity contribution >= 4 is 5.97 Å². The van der Waals surface area contributed by atoms with Crippen LogP contribution in [-0.4, -0.2) is 19.6 Å². The van der Waals surface area contributed by atoms with E-state index in [0.29, 0.717) is 0 Å². The van der Waals surface area contributed by atoms with Gasteiger partial charge in [0.1, 0.15) is 0 Å². The Morgan fingerprint density at radius 1 is 2.00 bits per heavy atom. The van der Waals surface area contributed by atoms with Crippen LogP contribution in [0.5, 0.6) is 0 Å². The number of esters is 1. The van der Waals surface area contributed by atoms with Gasteiger partial charge in [-0.3, -0.25) is 4.79 Å². The van der Waals surface area contributed by atoms with Gasteiger partial charge in [-0.2, -0.15) is 5.26 Å². The average molecular weight is 128 g/mol. The molecule has 50 valence electrons. The van der Waals surface area contributed by atoms with Crippen LogP contribution < -0.4 is 5.73 Å². The number of nitriles is 1. The fraction of sp³-hybridized carbons (Fsp3) is 0.600. The second-order valence-electron chi connectivity index (χ2n) is 1.44. The lowest BCUT2D eigenvalue weighted by molar-refractivity contribution is -0.143. The first kappa shape index (κ1) is 7.92. The van der Waals surface area contributed by atoms with Crippen LogP contribution in [0.15, 0.2) is 0 Å². The molecule has 1 atom stereocenters. The summed E-state index contributed by atoms with van der Waals surface area (Å²) in [6.07, 6.45) is 0. The van der Waals surface area contributed by atoms with Crippen molar-refractivity contribution in [2.24, 2.45) is 11.7 Å². The van der Waals surface area contributed by atoms with E-state index in [4.69, 9.17) is 11.0 Å². The number of carbonyl (C=O) groups is 1. The van der Waals surface area contributed by atoms with Gasteiger partial charge in [-0.1, -0.05) is 0 Å². The molecule has 0 aromatic rings. The van der Waals surface area contributed by atoms with E-state index in [9.17, 15) is 4.79 Å². The van der Waals surface area contributed by atoms with Crippen LogP contribution in [0.3, 0.4) is 0 Å². The standard InChI is InChI=1S/C5H8N2O2/c1-9-5(8)4(2-6)3-7/h4H,2,6H2,1H3. The quantitative estimate of drug-likeness (QED) is 0.497. The maximum atomic E-state index is 10.4. The molecule has 2 N–H and O–H groups in total. The van der Waals surface area contributed by atoms with Gasteiger partial charge in [-0.15, -0.1) is 0 Å². The third kappa shape index (κ3) is 2.11. The number of methoxy groups -OCH3 is 1. The summed E-state index contributed by atoms with van der Waals surface area (Å²) in [4.78, 5) is 10.4. The molecule has 0 heterocycles. The van der Waals surface area contributed by atoms with Crippen molar-refractivity contribution in [3.63, 3.8) is 0 Å². The molecule has 0 aliphatic carbocycles. The third-order valence-corrected chi connectivity index (χ3v) is 0.877. The first-order valence-electron chi connectivity index (χ1n) is 2.43. The first-order chi connectivity index (χ1) is 4.26. The van der Waals surface area contributed by atoms with E-state index in [-0.39, 0.29) is 6.54 Å². The number of rotatable bonds is 2. The molecule has 0 aliphatic heterocycles. The van der Waals surface area contributed by atoms with Gasteiger partial charge in [-0.25, -0.2) is 0 Å². The molecule has 0 aromatic carbocycles. The molecule has 0 fully saturated rings. The molecule has 0 amide bonds. The van der Waals surface area contributed by atoms with E-state index >= 15 is 0 Å². The molecule has 4 nitrogen and oxygen atoms in total. The van der Waals surface area contributed by atoms with E-state index in [1.807, 2.05) is 0 Å². The van der Waals surface area contributed by atoms with Crippen molar-refractivity contribution in [2.45, 2.75) is 0 Å². The summed E-state index contributed by atoms with van der Waals surface area (Å²) < 4.78 is 4.25. The lowest BCUT2D eigenvalue weighted by atomic mass is 10.2. The summed E-state index contributed by atoms with van der Waals surface area (Å²) in [6.45, 7) is 0.0170. The molecule has 9 heavy (non-hydrogen) atoms. The molecule has 0 radical (unpaired) electrons. The van der Waals surface area contributed by atoms with Crippen LogP contribution in [-0.2, 0) is 9.53 Å². The van der Waals surface area contributed by atoms with Crippen LogP contribution in [0.25, 0.3) is 0 Å². The number of hydrogen-bond donors (Lipinski definition) is 1. The summed E-state index contributed by atoms with van der Waals surface area (Å²) in [5.41, 5.74) is 5.04. The zero-order valence-electron chi connectivity index (χ0n) is 5.13. The Kier molecular flexibility index (Phi) is 3.40. The minimum Gasteiger partial charge on any atom is -0.468 e. The lowest BCUT2D eigenvalue weighted by Crippen LogP contribution is -2.22. The van der Waals surface area contributed by atoms with Gasteiger partial charge in [-0.05, 0) is 0 Å². The van der Waals surface area contributed by atoms with Crippen molar-refractivity contribution in [3.05, 3.63) is 0 Å².